The molecule has 7 fully saturated rings. The number of fused-ring (bicyclic) bond motifs is 3. The highest BCUT2D eigenvalue weighted by atomic mass is 16.7. The van der Waals surface area contributed by atoms with Crippen molar-refractivity contribution >= 4 is 5.97 Å². The molecule has 7 rings (SSSR count). The van der Waals surface area contributed by atoms with Gasteiger partial charge in [0.15, 0.2) is 0 Å². The first kappa shape index (κ1) is 22.6. The number of carbonyl (C=O) groups is 1. The summed E-state index contributed by atoms with van der Waals surface area (Å²) >= 11 is 0. The summed E-state index contributed by atoms with van der Waals surface area (Å²) < 4.78 is 13.1. The highest BCUT2D eigenvalue weighted by molar-refractivity contribution is 5.74. The van der Waals surface area contributed by atoms with Gasteiger partial charge in [-0.25, -0.2) is 0 Å². The SMILES string of the molecule is C[C@@H]1C[C@]2(C[C@@H](C)[C@@]3(CC[C@@]4(C)[C@H]5CC[C@H]6C(C)(C)[C@H](O)CC[C@@]67C[C@]57CC[C@@]43C)O2)OC1=O. The Labute approximate surface area is 205 Å². The minimum atomic E-state index is -0.679. The van der Waals surface area contributed by atoms with Crippen LogP contribution in [0.1, 0.15) is 112 Å². The molecule has 4 spiro atoms. The van der Waals surface area contributed by atoms with Crippen LogP contribution in [0.2, 0.25) is 0 Å². The summed E-state index contributed by atoms with van der Waals surface area (Å²) in [6.07, 6.45) is 12.6. The van der Waals surface area contributed by atoms with Crippen molar-refractivity contribution in [2.24, 2.45) is 50.7 Å². The van der Waals surface area contributed by atoms with E-state index in [9.17, 15) is 9.90 Å². The fraction of sp³-hybridized carbons (Fsp3) is 0.967. The largest absolute Gasteiger partial charge is 0.433 e. The van der Waals surface area contributed by atoms with Crippen molar-refractivity contribution in [3.05, 3.63) is 0 Å². The second-order valence-corrected chi connectivity index (χ2v) is 15.3. The molecule has 0 unspecified atom stereocenters. The zero-order valence-electron chi connectivity index (χ0n) is 22.3. The smallest absolute Gasteiger partial charge is 0.311 e. The third-order valence-corrected chi connectivity index (χ3v) is 14.3. The van der Waals surface area contributed by atoms with Crippen molar-refractivity contribution in [3.63, 3.8) is 0 Å². The Morgan fingerprint density at radius 3 is 2.26 bits per heavy atom. The van der Waals surface area contributed by atoms with Crippen LogP contribution in [0.5, 0.6) is 0 Å². The lowest BCUT2D eigenvalue weighted by molar-refractivity contribution is -0.269. The standard InChI is InChI=1S/C30H46O4/c1-18-15-29(33-23(18)32)16-19(2)30(34-29)14-11-25(5)21-8-7-20-24(3,4)22(31)9-10-27(20)17-28(21,27)13-12-26(25,30)6/h18-22,31H,7-17H2,1-6H3/t18-,19-,20+,21-,22-,25+,26+,27-,28-,29+,30-/m1/s1. The maximum atomic E-state index is 12.4. The minimum Gasteiger partial charge on any atom is -0.433 e. The van der Waals surface area contributed by atoms with Gasteiger partial charge in [0, 0.05) is 18.3 Å². The van der Waals surface area contributed by atoms with Crippen molar-refractivity contribution in [1.29, 1.82) is 0 Å². The highest BCUT2D eigenvalue weighted by Gasteiger charge is 2.84. The molecule has 34 heavy (non-hydrogen) atoms. The topological polar surface area (TPSA) is 55.8 Å². The molecular weight excluding hydrogens is 424 g/mol. The molecule has 1 N–H and O–H groups in total. The molecule has 0 aromatic carbocycles. The zero-order chi connectivity index (χ0) is 24.2. The molecule has 0 aromatic rings. The number of hydrogen-bond donors (Lipinski definition) is 1. The first-order valence-electron chi connectivity index (χ1n) is 14.4. The second kappa shape index (κ2) is 6.09. The molecule has 0 amide bonds. The van der Waals surface area contributed by atoms with E-state index in [4.69, 9.17) is 9.47 Å². The van der Waals surface area contributed by atoms with Crippen molar-refractivity contribution in [2.45, 2.75) is 130 Å². The van der Waals surface area contributed by atoms with Crippen molar-refractivity contribution in [2.75, 3.05) is 0 Å². The van der Waals surface area contributed by atoms with E-state index in [2.05, 4.69) is 34.6 Å². The predicted octanol–water partition coefficient (Wildman–Crippen LogP) is 6.24. The first-order valence-corrected chi connectivity index (χ1v) is 14.4. The van der Waals surface area contributed by atoms with Crippen molar-refractivity contribution in [3.8, 4) is 0 Å². The lowest BCUT2D eigenvalue weighted by Crippen LogP contribution is -2.61. The van der Waals surface area contributed by atoms with Crippen LogP contribution in [0.3, 0.4) is 0 Å². The molecule has 11 atom stereocenters. The predicted molar refractivity (Wildman–Crippen MR) is 130 cm³/mol. The Morgan fingerprint density at radius 1 is 0.853 bits per heavy atom. The van der Waals surface area contributed by atoms with Crippen molar-refractivity contribution in [1.82, 2.24) is 0 Å². The fourth-order valence-electron chi connectivity index (χ4n) is 12.5. The van der Waals surface area contributed by atoms with Gasteiger partial charge in [-0.05, 0) is 97.2 Å². The molecule has 5 aliphatic carbocycles. The van der Waals surface area contributed by atoms with Crippen LogP contribution in [0.15, 0.2) is 0 Å². The van der Waals surface area contributed by atoms with Crippen LogP contribution in [0.25, 0.3) is 0 Å². The number of ether oxygens (including phenoxy) is 2. The van der Waals surface area contributed by atoms with Crippen LogP contribution in [0.4, 0.5) is 0 Å². The van der Waals surface area contributed by atoms with E-state index in [1.54, 1.807) is 0 Å². The van der Waals surface area contributed by atoms with Gasteiger partial charge in [0.1, 0.15) is 0 Å². The third-order valence-electron chi connectivity index (χ3n) is 14.3. The van der Waals surface area contributed by atoms with E-state index in [1.807, 2.05) is 6.92 Å². The summed E-state index contributed by atoms with van der Waals surface area (Å²) in [7, 11) is 0. The van der Waals surface area contributed by atoms with E-state index in [0.29, 0.717) is 22.7 Å². The average molecular weight is 471 g/mol. The lowest BCUT2D eigenvalue weighted by atomic mass is 9.41. The monoisotopic (exact) mass is 470 g/mol. The Bertz CT molecular complexity index is 959. The van der Waals surface area contributed by atoms with E-state index in [-0.39, 0.29) is 39.8 Å². The molecule has 0 aromatic heterocycles. The normalized spacial score (nSPS) is 63.3. The molecule has 5 saturated carbocycles. The van der Waals surface area contributed by atoms with Gasteiger partial charge in [-0.15, -0.1) is 0 Å². The Balaban J connectivity index is 1.25. The number of esters is 1. The molecule has 2 aliphatic heterocycles. The Kier molecular flexibility index (Phi) is 4.04. The van der Waals surface area contributed by atoms with Gasteiger partial charge in [-0.3, -0.25) is 4.79 Å². The molecule has 0 bridgehead atoms. The first-order chi connectivity index (χ1) is 15.8. The molecule has 190 valence electrons. The summed E-state index contributed by atoms with van der Waals surface area (Å²) in [6, 6.07) is 0. The zero-order valence-corrected chi connectivity index (χ0v) is 22.3. The van der Waals surface area contributed by atoms with Gasteiger partial charge in [-0.1, -0.05) is 41.5 Å². The van der Waals surface area contributed by atoms with Gasteiger partial charge in [0.25, 0.3) is 0 Å². The molecule has 4 nitrogen and oxygen atoms in total. The fourth-order valence-corrected chi connectivity index (χ4v) is 12.5. The van der Waals surface area contributed by atoms with Gasteiger partial charge >= 0.3 is 5.97 Å². The molecule has 7 aliphatic rings. The average Bonchev–Trinajstić information content (AvgIpc) is 3.13. The summed E-state index contributed by atoms with van der Waals surface area (Å²) in [5, 5.41) is 10.9. The molecular formula is C30H46O4. The molecule has 2 heterocycles. The summed E-state index contributed by atoms with van der Waals surface area (Å²) in [6.45, 7) is 14.3. The summed E-state index contributed by atoms with van der Waals surface area (Å²) in [5.74, 6) is 1.05. The van der Waals surface area contributed by atoms with Gasteiger partial charge < -0.3 is 14.6 Å². The molecule has 2 saturated heterocycles. The van der Waals surface area contributed by atoms with Crippen molar-refractivity contribution < 1.29 is 19.4 Å². The third kappa shape index (κ3) is 2.14. The quantitative estimate of drug-likeness (QED) is 0.426. The molecule has 4 heteroatoms. The van der Waals surface area contributed by atoms with Crippen LogP contribution in [-0.4, -0.2) is 28.6 Å². The number of aliphatic hydroxyl groups is 1. The van der Waals surface area contributed by atoms with E-state index < -0.39 is 5.79 Å². The van der Waals surface area contributed by atoms with Crippen LogP contribution in [-0.2, 0) is 14.3 Å². The summed E-state index contributed by atoms with van der Waals surface area (Å²) in [4.78, 5) is 12.4. The number of hydrogen-bond acceptors (Lipinski definition) is 4. The van der Waals surface area contributed by atoms with Crippen LogP contribution >= 0.6 is 0 Å². The number of aliphatic hydroxyl groups excluding tert-OH is 1. The Hall–Kier alpha value is -0.610. The van der Waals surface area contributed by atoms with E-state index >= 15 is 0 Å². The highest BCUT2D eigenvalue weighted by Crippen LogP contribution is 2.90. The maximum absolute atomic E-state index is 12.4. The maximum Gasteiger partial charge on any atom is 0.311 e. The lowest BCUT2D eigenvalue weighted by Gasteiger charge is -2.64. The number of carbonyl (C=O) groups excluding carboxylic acids is 1. The van der Waals surface area contributed by atoms with E-state index in [0.717, 1.165) is 31.6 Å². The van der Waals surface area contributed by atoms with Gasteiger partial charge in [-0.2, -0.15) is 0 Å². The molecule has 0 radical (unpaired) electrons. The van der Waals surface area contributed by atoms with Gasteiger partial charge in [0.2, 0.25) is 5.79 Å². The minimum absolute atomic E-state index is 0.0454. The summed E-state index contributed by atoms with van der Waals surface area (Å²) in [5.41, 5.74) is 1.23. The van der Waals surface area contributed by atoms with Crippen LogP contribution in [0, 0.1) is 50.7 Å². The van der Waals surface area contributed by atoms with E-state index in [1.165, 1.54) is 44.9 Å². The van der Waals surface area contributed by atoms with Crippen LogP contribution < -0.4 is 0 Å². The Morgan fingerprint density at radius 2 is 1.56 bits per heavy atom. The second-order valence-electron chi connectivity index (χ2n) is 15.3. The van der Waals surface area contributed by atoms with Gasteiger partial charge in [0.05, 0.1) is 17.6 Å². The number of rotatable bonds is 0.